The lowest BCUT2D eigenvalue weighted by Gasteiger charge is -2.11. The van der Waals surface area contributed by atoms with Gasteiger partial charge in [0.25, 0.3) is 0 Å². The van der Waals surface area contributed by atoms with E-state index < -0.39 is 0 Å². The van der Waals surface area contributed by atoms with Gasteiger partial charge in [-0.1, -0.05) is 170 Å². The van der Waals surface area contributed by atoms with Crippen LogP contribution in [0.15, 0.2) is 224 Å². The number of fused-ring (bicyclic) bond motifs is 6. The van der Waals surface area contributed by atoms with Crippen molar-refractivity contribution in [3.8, 4) is 73.2 Å². The fourth-order valence-electron chi connectivity index (χ4n) is 9.06. The molecule has 5 heteroatoms. The van der Waals surface area contributed by atoms with Crippen LogP contribution < -0.4 is 0 Å². The standard InChI is InChI=1S/C57H37N5/c1-5-18-38(19-6-1)49-37-50(59-57(58-49)44-32-33-52-48(35-44)47-30-15-16-31-51(47)61(52)45-27-11-4-12-28-45)42-25-17-26-43(34-42)55-54(40-22-9-3-10-23-40)56-46-29-14-13-24-41(46)36-53(62(56)60-55)39-20-7-2-8-21-39/h1-37H. The van der Waals surface area contributed by atoms with Gasteiger partial charge in [-0.05, 0) is 65.5 Å². The van der Waals surface area contributed by atoms with Gasteiger partial charge in [0.15, 0.2) is 5.82 Å². The minimum absolute atomic E-state index is 0.668. The Morgan fingerprint density at radius 3 is 1.69 bits per heavy atom. The van der Waals surface area contributed by atoms with Crippen molar-refractivity contribution in [1.29, 1.82) is 0 Å². The molecule has 8 aromatic carbocycles. The molecule has 290 valence electrons. The monoisotopic (exact) mass is 791 g/mol. The number of pyridine rings is 1. The topological polar surface area (TPSA) is 48.0 Å². The fourth-order valence-corrected chi connectivity index (χ4v) is 9.06. The molecule has 0 N–H and O–H groups in total. The van der Waals surface area contributed by atoms with Crippen LogP contribution >= 0.6 is 0 Å². The van der Waals surface area contributed by atoms with Gasteiger partial charge < -0.3 is 4.57 Å². The van der Waals surface area contributed by atoms with E-state index in [1.807, 2.05) is 6.07 Å². The Balaban J connectivity index is 1.06. The predicted molar refractivity (Wildman–Crippen MR) is 255 cm³/mol. The highest BCUT2D eigenvalue weighted by molar-refractivity contribution is 6.11. The molecule has 12 aromatic rings. The van der Waals surface area contributed by atoms with Crippen LogP contribution in [0, 0.1) is 0 Å². The van der Waals surface area contributed by atoms with Crippen molar-refractivity contribution in [2.24, 2.45) is 0 Å². The van der Waals surface area contributed by atoms with Crippen LogP contribution in [0.1, 0.15) is 0 Å². The summed E-state index contributed by atoms with van der Waals surface area (Å²) in [5.74, 6) is 0.668. The molecule has 0 amide bonds. The second kappa shape index (κ2) is 14.7. The zero-order valence-corrected chi connectivity index (χ0v) is 33.6. The molecule has 4 heterocycles. The van der Waals surface area contributed by atoms with Crippen LogP contribution in [0.25, 0.3) is 111 Å². The molecule has 5 nitrogen and oxygen atoms in total. The summed E-state index contributed by atoms with van der Waals surface area (Å²) in [5.41, 5.74) is 15.4. The van der Waals surface area contributed by atoms with E-state index in [4.69, 9.17) is 15.1 Å². The SMILES string of the molecule is c1ccc(-c2cc(-c3cccc(-c4nn5c(-c6ccccc6)cc6ccccc6c5c4-c4ccccc4)c3)nc(-c3ccc4c(c3)c3ccccc3n4-c3ccccc3)n2)cc1. The number of aromatic nitrogens is 5. The van der Waals surface area contributed by atoms with Crippen molar-refractivity contribution < 1.29 is 0 Å². The Hall–Kier alpha value is -8.41. The van der Waals surface area contributed by atoms with Crippen molar-refractivity contribution >= 4 is 38.1 Å². The molecule has 0 bridgehead atoms. The Kier molecular flexibility index (Phi) is 8.42. The summed E-state index contributed by atoms with van der Waals surface area (Å²) in [6.45, 7) is 0. The molecule has 0 aliphatic rings. The number of para-hydroxylation sites is 2. The predicted octanol–water partition coefficient (Wildman–Crippen LogP) is 14.4. The third-order valence-corrected chi connectivity index (χ3v) is 11.9. The maximum absolute atomic E-state index is 5.51. The first-order valence-electron chi connectivity index (χ1n) is 20.9. The molecule has 0 spiro atoms. The molecule has 62 heavy (non-hydrogen) atoms. The molecule has 0 saturated heterocycles. The number of nitrogens with zero attached hydrogens (tertiary/aromatic N) is 5. The van der Waals surface area contributed by atoms with Gasteiger partial charge in [-0.15, -0.1) is 0 Å². The molecule has 12 rings (SSSR count). The molecule has 0 unspecified atom stereocenters. The minimum atomic E-state index is 0.668. The van der Waals surface area contributed by atoms with Gasteiger partial charge in [-0.2, -0.15) is 5.10 Å². The van der Waals surface area contributed by atoms with Gasteiger partial charge in [0.05, 0.1) is 33.6 Å². The van der Waals surface area contributed by atoms with Crippen LogP contribution in [0.5, 0.6) is 0 Å². The van der Waals surface area contributed by atoms with Crippen LogP contribution in [0.3, 0.4) is 0 Å². The summed E-state index contributed by atoms with van der Waals surface area (Å²) >= 11 is 0. The van der Waals surface area contributed by atoms with Crippen LogP contribution in [-0.2, 0) is 0 Å². The van der Waals surface area contributed by atoms with E-state index in [-0.39, 0.29) is 0 Å². The van der Waals surface area contributed by atoms with Crippen molar-refractivity contribution in [3.63, 3.8) is 0 Å². The van der Waals surface area contributed by atoms with E-state index in [0.717, 1.165) is 94.7 Å². The smallest absolute Gasteiger partial charge is 0.160 e. The number of hydrogen-bond acceptors (Lipinski definition) is 3. The number of rotatable bonds is 7. The molecular formula is C57H37N5. The highest BCUT2D eigenvalue weighted by Crippen LogP contribution is 2.42. The lowest BCUT2D eigenvalue weighted by atomic mass is 9.95. The van der Waals surface area contributed by atoms with E-state index >= 15 is 0 Å². The molecule has 0 saturated carbocycles. The van der Waals surface area contributed by atoms with E-state index in [9.17, 15) is 0 Å². The normalized spacial score (nSPS) is 11.5. The number of benzene rings is 8. The highest BCUT2D eigenvalue weighted by atomic mass is 15.2. The first kappa shape index (κ1) is 35.5. The lowest BCUT2D eigenvalue weighted by molar-refractivity contribution is 0.979. The third kappa shape index (κ3) is 5.98. The molecular weight excluding hydrogens is 755 g/mol. The van der Waals surface area contributed by atoms with Gasteiger partial charge in [0, 0.05) is 55.2 Å². The fraction of sp³-hybridized carbons (Fsp3) is 0. The largest absolute Gasteiger partial charge is 0.309 e. The maximum Gasteiger partial charge on any atom is 0.160 e. The van der Waals surface area contributed by atoms with Gasteiger partial charge >= 0.3 is 0 Å². The van der Waals surface area contributed by atoms with Crippen molar-refractivity contribution in [1.82, 2.24) is 24.1 Å². The lowest BCUT2D eigenvalue weighted by Crippen LogP contribution is -1.97. The Labute approximate surface area is 358 Å². The average Bonchev–Trinajstić information content (AvgIpc) is 3.92. The summed E-state index contributed by atoms with van der Waals surface area (Å²) in [5, 5.41) is 10.2. The maximum atomic E-state index is 5.51. The highest BCUT2D eigenvalue weighted by Gasteiger charge is 2.22. The minimum Gasteiger partial charge on any atom is -0.309 e. The molecule has 4 aromatic heterocycles. The summed E-state index contributed by atoms with van der Waals surface area (Å²) in [4.78, 5) is 10.6. The molecule has 0 aliphatic carbocycles. The zero-order valence-electron chi connectivity index (χ0n) is 33.6. The second-order valence-electron chi connectivity index (χ2n) is 15.7. The first-order chi connectivity index (χ1) is 30.7. The summed E-state index contributed by atoms with van der Waals surface area (Å²) in [6, 6.07) is 79.0. The summed E-state index contributed by atoms with van der Waals surface area (Å²) in [6.07, 6.45) is 0. The van der Waals surface area contributed by atoms with Crippen molar-refractivity contribution in [2.45, 2.75) is 0 Å². The second-order valence-corrected chi connectivity index (χ2v) is 15.7. The average molecular weight is 792 g/mol. The Morgan fingerprint density at radius 2 is 0.935 bits per heavy atom. The van der Waals surface area contributed by atoms with Gasteiger partial charge in [0.1, 0.15) is 5.69 Å². The zero-order chi connectivity index (χ0) is 41.0. The Bertz CT molecular complexity index is 3610. The molecule has 0 aliphatic heterocycles. The van der Waals surface area contributed by atoms with E-state index in [1.54, 1.807) is 0 Å². The van der Waals surface area contributed by atoms with E-state index in [2.05, 4.69) is 227 Å². The third-order valence-electron chi connectivity index (χ3n) is 11.9. The van der Waals surface area contributed by atoms with Crippen LogP contribution in [0.4, 0.5) is 0 Å². The van der Waals surface area contributed by atoms with Crippen molar-refractivity contribution in [3.05, 3.63) is 224 Å². The van der Waals surface area contributed by atoms with E-state index in [1.165, 1.54) is 10.8 Å². The van der Waals surface area contributed by atoms with Crippen LogP contribution in [-0.4, -0.2) is 24.1 Å². The molecule has 0 radical (unpaired) electrons. The van der Waals surface area contributed by atoms with Gasteiger partial charge in [0.2, 0.25) is 0 Å². The first-order valence-corrected chi connectivity index (χ1v) is 20.9. The van der Waals surface area contributed by atoms with Crippen molar-refractivity contribution in [2.75, 3.05) is 0 Å². The van der Waals surface area contributed by atoms with Gasteiger partial charge in [-0.3, -0.25) is 0 Å². The van der Waals surface area contributed by atoms with Crippen LogP contribution in [0.2, 0.25) is 0 Å². The van der Waals surface area contributed by atoms with Gasteiger partial charge in [-0.25, -0.2) is 14.5 Å². The number of hydrogen-bond donors (Lipinski definition) is 0. The summed E-state index contributed by atoms with van der Waals surface area (Å²) < 4.78 is 4.48. The molecule has 0 fully saturated rings. The molecule has 0 atom stereocenters. The quantitative estimate of drug-likeness (QED) is 0.162. The summed E-state index contributed by atoms with van der Waals surface area (Å²) in [7, 11) is 0. The Morgan fingerprint density at radius 1 is 0.355 bits per heavy atom. The van der Waals surface area contributed by atoms with E-state index in [0.29, 0.717) is 5.82 Å².